The molecule has 0 saturated heterocycles. The highest BCUT2D eigenvalue weighted by molar-refractivity contribution is 6.04. The van der Waals surface area contributed by atoms with E-state index in [1.165, 1.54) is 18.9 Å². The molecule has 3 aromatic heterocycles. The van der Waals surface area contributed by atoms with E-state index in [0.717, 1.165) is 27.0 Å². The van der Waals surface area contributed by atoms with E-state index in [-0.39, 0.29) is 34.4 Å². The molecule has 280 valence electrons. The number of benzene rings is 1. The number of aliphatic hydroxyl groups excluding tert-OH is 1. The Morgan fingerprint density at radius 2 is 1.62 bits per heavy atom. The Kier molecular flexibility index (Phi) is 12.2. The molecule has 0 bridgehead atoms. The van der Waals surface area contributed by atoms with E-state index in [4.69, 9.17) is 9.47 Å². The zero-order chi connectivity index (χ0) is 39.4. The van der Waals surface area contributed by atoms with Crippen LogP contribution in [-0.4, -0.2) is 90.5 Å². The first-order valence-corrected chi connectivity index (χ1v) is 17.0. The Balaban J connectivity index is 1.81. The molecule has 2 unspecified atom stereocenters. The lowest BCUT2D eigenvalue weighted by molar-refractivity contribution is -0.239. The van der Waals surface area contributed by atoms with Crippen LogP contribution in [0.25, 0.3) is 22.0 Å². The number of pyridine rings is 2. The summed E-state index contributed by atoms with van der Waals surface area (Å²) in [6.45, 7) is 17.2. The minimum absolute atomic E-state index is 0.0763. The SMILES string of the molecule is CC(=O)c1c(NN(C)C(=O)OC(C)(C)C)nc(C)nc1-c1cc(C#Cc2ccc3c(C)nccc3c2)nc(NC(=O)C(C)N(C)C(O)OC(C)(C)C)c1. The number of carbonyl (C=O) groups excluding carboxylic acids is 3. The van der Waals surface area contributed by atoms with Crippen LogP contribution in [0, 0.1) is 25.7 Å². The maximum absolute atomic E-state index is 13.5. The molecular formula is C39H48N8O6. The number of aliphatic hydroxyl groups is 1. The molecule has 3 heterocycles. The fourth-order valence-corrected chi connectivity index (χ4v) is 5.08. The number of nitrogens with one attached hydrogen (secondary N) is 2. The van der Waals surface area contributed by atoms with Crippen molar-refractivity contribution < 1.29 is 29.0 Å². The number of anilines is 2. The van der Waals surface area contributed by atoms with Gasteiger partial charge in [0.15, 0.2) is 11.6 Å². The van der Waals surface area contributed by atoms with Gasteiger partial charge in [0.25, 0.3) is 0 Å². The summed E-state index contributed by atoms with van der Waals surface area (Å²) in [6.07, 6.45) is -0.301. The molecule has 3 N–H and O–H groups in total. The Hall–Kier alpha value is -5.49. The van der Waals surface area contributed by atoms with Gasteiger partial charge in [-0.2, -0.15) is 0 Å². The van der Waals surface area contributed by atoms with Gasteiger partial charge in [0.1, 0.15) is 22.9 Å². The zero-order valence-electron chi connectivity index (χ0n) is 32.4. The molecule has 0 radical (unpaired) electrons. The monoisotopic (exact) mass is 724 g/mol. The third-order valence-corrected chi connectivity index (χ3v) is 7.76. The highest BCUT2D eigenvalue weighted by atomic mass is 16.6. The highest BCUT2D eigenvalue weighted by Crippen LogP contribution is 2.30. The van der Waals surface area contributed by atoms with Gasteiger partial charge in [-0.1, -0.05) is 12.0 Å². The maximum atomic E-state index is 13.5. The second-order valence-corrected chi connectivity index (χ2v) is 14.6. The van der Waals surface area contributed by atoms with Gasteiger partial charge in [0, 0.05) is 35.5 Å². The van der Waals surface area contributed by atoms with E-state index in [1.54, 1.807) is 80.8 Å². The van der Waals surface area contributed by atoms with Crippen LogP contribution in [0.3, 0.4) is 0 Å². The molecule has 2 amide bonds. The number of nitrogens with zero attached hydrogens (tertiary/aromatic N) is 6. The van der Waals surface area contributed by atoms with Gasteiger partial charge in [0.2, 0.25) is 12.3 Å². The number of hydrogen-bond donors (Lipinski definition) is 3. The zero-order valence-corrected chi connectivity index (χ0v) is 32.4. The Morgan fingerprint density at radius 3 is 2.26 bits per heavy atom. The first kappa shape index (κ1) is 40.3. The highest BCUT2D eigenvalue weighted by Gasteiger charge is 2.29. The summed E-state index contributed by atoms with van der Waals surface area (Å²) in [6, 6.07) is 10.1. The summed E-state index contributed by atoms with van der Waals surface area (Å²) >= 11 is 0. The molecule has 1 aromatic carbocycles. The van der Waals surface area contributed by atoms with Crippen molar-refractivity contribution in [3.63, 3.8) is 0 Å². The number of hydrogen-bond acceptors (Lipinski definition) is 12. The molecule has 14 heteroatoms. The van der Waals surface area contributed by atoms with Gasteiger partial charge in [-0.05, 0) is 118 Å². The summed E-state index contributed by atoms with van der Waals surface area (Å²) in [4.78, 5) is 59.0. The predicted octanol–water partition coefficient (Wildman–Crippen LogP) is 5.85. The van der Waals surface area contributed by atoms with Crippen molar-refractivity contribution in [2.45, 2.75) is 92.9 Å². The molecule has 2 atom stereocenters. The second-order valence-electron chi connectivity index (χ2n) is 14.6. The van der Waals surface area contributed by atoms with Crippen molar-refractivity contribution in [1.82, 2.24) is 29.8 Å². The van der Waals surface area contributed by atoms with Gasteiger partial charge in [-0.3, -0.25) is 20.0 Å². The van der Waals surface area contributed by atoms with E-state index in [0.29, 0.717) is 11.4 Å². The topological polar surface area (TPSA) is 172 Å². The molecule has 0 fully saturated rings. The van der Waals surface area contributed by atoms with E-state index in [1.807, 2.05) is 31.2 Å². The van der Waals surface area contributed by atoms with E-state index < -0.39 is 35.7 Å². The molecule has 4 aromatic rings. The molecule has 0 aliphatic carbocycles. The Bertz CT molecular complexity index is 2090. The lowest BCUT2D eigenvalue weighted by atomic mass is 10.0. The van der Waals surface area contributed by atoms with Crippen LogP contribution < -0.4 is 10.7 Å². The van der Waals surface area contributed by atoms with Crippen LogP contribution in [-0.2, 0) is 14.3 Å². The summed E-state index contributed by atoms with van der Waals surface area (Å²) in [7, 11) is 3.02. The standard InChI is InChI=1S/C39H48N8O6/c1-22-30-16-14-26(19-27(30)17-18-40-22)13-15-29-20-28(21-31(43-29)44-35(49)23(2)46(11)36(50)52-38(5,6)7)33-32(24(3)48)34(42-25(4)41-33)45-47(12)37(51)53-39(8,9)10/h14,16-21,23,36,50H,1-12H3,(H,41,42,45)(H,43,44,49). The fourth-order valence-electron chi connectivity index (χ4n) is 5.08. The minimum atomic E-state index is -1.36. The average Bonchev–Trinajstić information content (AvgIpc) is 3.04. The lowest BCUT2D eigenvalue weighted by Gasteiger charge is -2.32. The number of carbonyl (C=O) groups is 3. The van der Waals surface area contributed by atoms with Crippen molar-refractivity contribution in [3.05, 3.63) is 70.9 Å². The van der Waals surface area contributed by atoms with Crippen LogP contribution in [0.2, 0.25) is 0 Å². The van der Waals surface area contributed by atoms with Crippen molar-refractivity contribution in [2.24, 2.45) is 0 Å². The third kappa shape index (κ3) is 10.8. The van der Waals surface area contributed by atoms with Crippen LogP contribution in [0.1, 0.15) is 88.5 Å². The van der Waals surface area contributed by atoms with Crippen molar-refractivity contribution in [1.29, 1.82) is 0 Å². The molecule has 0 saturated carbocycles. The molecule has 4 rings (SSSR count). The minimum Gasteiger partial charge on any atom is -0.442 e. The van der Waals surface area contributed by atoms with Crippen LogP contribution >= 0.6 is 0 Å². The number of Topliss-reactive ketones (excluding diaryl/α,β-unsaturated/α-hetero) is 1. The normalized spacial score (nSPS) is 12.8. The van der Waals surface area contributed by atoms with Crippen molar-refractivity contribution in [3.8, 4) is 23.1 Å². The first-order valence-electron chi connectivity index (χ1n) is 17.0. The summed E-state index contributed by atoms with van der Waals surface area (Å²) in [5.74, 6) is 5.86. The fraction of sp³-hybridized carbons (Fsp3) is 0.410. The van der Waals surface area contributed by atoms with Crippen LogP contribution in [0.4, 0.5) is 16.4 Å². The van der Waals surface area contributed by atoms with Gasteiger partial charge in [-0.25, -0.2) is 29.7 Å². The molecule has 14 nitrogen and oxygen atoms in total. The number of aromatic nitrogens is 4. The lowest BCUT2D eigenvalue weighted by Crippen LogP contribution is -2.48. The number of likely N-dealkylation sites (N-methyl/N-ethyl adjacent to an activating group) is 1. The first-order chi connectivity index (χ1) is 24.6. The summed E-state index contributed by atoms with van der Waals surface area (Å²) in [5, 5.41) is 16.5. The van der Waals surface area contributed by atoms with E-state index >= 15 is 0 Å². The van der Waals surface area contributed by atoms with Gasteiger partial charge < -0.3 is 19.9 Å². The van der Waals surface area contributed by atoms with Crippen LogP contribution in [0.5, 0.6) is 0 Å². The smallest absolute Gasteiger partial charge is 0.428 e. The van der Waals surface area contributed by atoms with Gasteiger partial charge in [-0.15, -0.1) is 0 Å². The summed E-state index contributed by atoms with van der Waals surface area (Å²) < 4.78 is 11.1. The molecule has 0 aliphatic rings. The molecular weight excluding hydrogens is 676 g/mol. The molecule has 53 heavy (non-hydrogen) atoms. The number of ether oxygens (including phenoxy) is 2. The maximum Gasteiger partial charge on any atom is 0.428 e. The van der Waals surface area contributed by atoms with Crippen molar-refractivity contribution >= 4 is 40.2 Å². The molecule has 0 spiro atoms. The molecule has 0 aliphatic heterocycles. The Morgan fingerprint density at radius 1 is 0.925 bits per heavy atom. The van der Waals surface area contributed by atoms with Gasteiger partial charge >= 0.3 is 6.09 Å². The third-order valence-electron chi connectivity index (χ3n) is 7.76. The van der Waals surface area contributed by atoms with E-state index in [2.05, 4.69) is 42.5 Å². The number of rotatable bonds is 9. The number of hydrazine groups is 1. The quantitative estimate of drug-likeness (QED) is 0.0815. The second kappa shape index (κ2) is 16.0. The largest absolute Gasteiger partial charge is 0.442 e. The van der Waals surface area contributed by atoms with Crippen LogP contribution in [0.15, 0.2) is 42.6 Å². The van der Waals surface area contributed by atoms with Gasteiger partial charge in [0.05, 0.1) is 22.9 Å². The number of ketones is 1. The average molecular weight is 725 g/mol. The van der Waals surface area contributed by atoms with E-state index in [9.17, 15) is 19.5 Å². The number of fused-ring (bicyclic) bond motifs is 1. The predicted molar refractivity (Wildman–Crippen MR) is 203 cm³/mol. The number of amides is 2. The Labute approximate surface area is 310 Å². The summed E-state index contributed by atoms with van der Waals surface area (Å²) in [5.41, 5.74) is 4.06. The number of aryl methyl sites for hydroxylation is 2. The van der Waals surface area contributed by atoms with Crippen molar-refractivity contribution in [2.75, 3.05) is 24.8 Å².